The number of urea groups is 1. The molecule has 0 bridgehead atoms. The lowest BCUT2D eigenvalue weighted by Gasteiger charge is -2.31. The van der Waals surface area contributed by atoms with E-state index in [1.807, 2.05) is 0 Å². The zero-order valence-electron chi connectivity index (χ0n) is 10.4. The van der Waals surface area contributed by atoms with Crippen LogP contribution in [0.4, 0.5) is 4.79 Å². The molecule has 0 atom stereocenters. The number of piperidine rings is 1. The average Bonchev–Trinajstić information content (AvgIpc) is 2.37. The zero-order valence-corrected chi connectivity index (χ0v) is 10.4. The quantitative estimate of drug-likeness (QED) is 0.706. The molecule has 0 spiro atoms. The van der Waals surface area contributed by atoms with Crippen molar-refractivity contribution >= 4 is 12.0 Å². The molecule has 1 saturated heterocycles. The lowest BCUT2D eigenvalue weighted by Crippen LogP contribution is -2.46. The van der Waals surface area contributed by atoms with E-state index < -0.39 is 5.97 Å². The fraction of sp³-hybridized carbons (Fsp3) is 0.667. The fourth-order valence-corrected chi connectivity index (χ4v) is 1.73. The van der Waals surface area contributed by atoms with Gasteiger partial charge in [-0.2, -0.15) is 0 Å². The smallest absolute Gasteiger partial charge is 0.329 e. The molecule has 0 aromatic heterocycles. The maximum atomic E-state index is 11.7. The predicted octanol–water partition coefficient (Wildman–Crippen LogP) is 0.285. The lowest BCUT2D eigenvalue weighted by atomic mass is 10.1. The number of hydrogen-bond donors (Lipinski definition) is 2. The number of aliphatic carboxylic acids is 1. The van der Waals surface area contributed by atoms with E-state index in [1.165, 1.54) is 0 Å². The van der Waals surface area contributed by atoms with Crippen molar-refractivity contribution in [1.82, 2.24) is 10.2 Å². The zero-order chi connectivity index (χ0) is 13.4. The molecule has 2 amide bonds. The number of carbonyl (C=O) groups is 2. The average molecular weight is 254 g/mol. The van der Waals surface area contributed by atoms with Crippen LogP contribution in [0.2, 0.25) is 0 Å². The molecule has 0 aromatic rings. The number of likely N-dealkylation sites (tertiary alicyclic amines) is 1. The number of carboxylic acid groups (broad SMARTS) is 1. The van der Waals surface area contributed by atoms with Crippen LogP contribution in [0.25, 0.3) is 0 Å². The molecule has 1 aliphatic heterocycles. The first-order valence-electron chi connectivity index (χ1n) is 5.89. The van der Waals surface area contributed by atoms with Gasteiger partial charge in [-0.15, -0.1) is 5.92 Å². The van der Waals surface area contributed by atoms with Crippen LogP contribution >= 0.6 is 0 Å². The van der Waals surface area contributed by atoms with Gasteiger partial charge in [-0.1, -0.05) is 5.92 Å². The van der Waals surface area contributed by atoms with Gasteiger partial charge in [-0.25, -0.2) is 9.59 Å². The number of ether oxygens (including phenoxy) is 1. The lowest BCUT2D eigenvalue weighted by molar-refractivity contribution is -0.145. The molecule has 0 radical (unpaired) electrons. The standard InChI is InChI=1S/C12H18N2O4/c1-2-3-6-13-12(17)14-7-4-10(5-8-14)18-9-11(15)16/h10H,4-9H2,1H3,(H,13,17)(H,15,16). The molecule has 0 aromatic carbocycles. The van der Waals surface area contributed by atoms with Crippen molar-refractivity contribution in [2.75, 3.05) is 26.2 Å². The topological polar surface area (TPSA) is 78.9 Å². The van der Waals surface area contributed by atoms with Gasteiger partial charge in [-0.05, 0) is 19.8 Å². The number of carboxylic acids is 1. The molecule has 1 rings (SSSR count). The Morgan fingerprint density at radius 3 is 2.67 bits per heavy atom. The Bertz CT molecular complexity index is 351. The molecular weight excluding hydrogens is 236 g/mol. The van der Waals surface area contributed by atoms with E-state index in [-0.39, 0.29) is 18.7 Å². The number of rotatable bonds is 4. The van der Waals surface area contributed by atoms with Crippen molar-refractivity contribution in [3.05, 3.63) is 0 Å². The summed E-state index contributed by atoms with van der Waals surface area (Å²) in [6.07, 6.45) is 1.26. The summed E-state index contributed by atoms with van der Waals surface area (Å²) < 4.78 is 5.19. The molecule has 100 valence electrons. The largest absolute Gasteiger partial charge is 0.480 e. The van der Waals surface area contributed by atoms with E-state index in [0.29, 0.717) is 32.5 Å². The van der Waals surface area contributed by atoms with Crippen molar-refractivity contribution in [2.24, 2.45) is 0 Å². The van der Waals surface area contributed by atoms with E-state index in [9.17, 15) is 9.59 Å². The third kappa shape index (κ3) is 5.06. The molecule has 0 unspecified atom stereocenters. The van der Waals surface area contributed by atoms with Crippen LogP contribution in [0.5, 0.6) is 0 Å². The Morgan fingerprint density at radius 2 is 2.11 bits per heavy atom. The highest BCUT2D eigenvalue weighted by Crippen LogP contribution is 2.13. The predicted molar refractivity (Wildman–Crippen MR) is 65.0 cm³/mol. The summed E-state index contributed by atoms with van der Waals surface area (Å²) in [5.74, 6) is 4.50. The molecule has 1 fully saturated rings. The van der Waals surface area contributed by atoms with Gasteiger partial charge in [0.15, 0.2) is 0 Å². The van der Waals surface area contributed by atoms with E-state index in [1.54, 1.807) is 11.8 Å². The first-order chi connectivity index (χ1) is 8.63. The van der Waals surface area contributed by atoms with Crippen LogP contribution in [0.3, 0.4) is 0 Å². The number of nitrogens with one attached hydrogen (secondary N) is 1. The number of carbonyl (C=O) groups excluding carboxylic acids is 1. The maximum absolute atomic E-state index is 11.7. The second-order valence-electron chi connectivity index (χ2n) is 3.98. The Morgan fingerprint density at radius 1 is 1.44 bits per heavy atom. The van der Waals surface area contributed by atoms with Gasteiger partial charge in [-0.3, -0.25) is 0 Å². The molecule has 0 saturated carbocycles. The fourth-order valence-electron chi connectivity index (χ4n) is 1.73. The molecule has 18 heavy (non-hydrogen) atoms. The second kappa shape index (κ2) is 7.56. The van der Waals surface area contributed by atoms with Gasteiger partial charge in [0.2, 0.25) is 0 Å². The Balaban J connectivity index is 2.23. The summed E-state index contributed by atoms with van der Waals surface area (Å²) in [5, 5.41) is 11.2. The summed E-state index contributed by atoms with van der Waals surface area (Å²) in [7, 11) is 0. The van der Waals surface area contributed by atoms with Gasteiger partial charge in [0.1, 0.15) is 6.61 Å². The molecule has 2 N–H and O–H groups in total. The van der Waals surface area contributed by atoms with Crippen LogP contribution in [0.15, 0.2) is 0 Å². The normalized spacial score (nSPS) is 15.7. The second-order valence-corrected chi connectivity index (χ2v) is 3.98. The van der Waals surface area contributed by atoms with E-state index >= 15 is 0 Å². The minimum Gasteiger partial charge on any atom is -0.480 e. The van der Waals surface area contributed by atoms with Gasteiger partial charge >= 0.3 is 12.0 Å². The van der Waals surface area contributed by atoms with E-state index in [4.69, 9.17) is 9.84 Å². The van der Waals surface area contributed by atoms with Crippen LogP contribution in [0, 0.1) is 11.8 Å². The third-order valence-electron chi connectivity index (χ3n) is 2.68. The van der Waals surface area contributed by atoms with Crippen molar-refractivity contribution in [3.63, 3.8) is 0 Å². The number of nitrogens with zero attached hydrogens (tertiary/aromatic N) is 1. The molecule has 6 heteroatoms. The summed E-state index contributed by atoms with van der Waals surface area (Å²) in [4.78, 5) is 23.7. The van der Waals surface area contributed by atoms with Crippen LogP contribution < -0.4 is 5.32 Å². The van der Waals surface area contributed by atoms with Gasteiger partial charge in [0.05, 0.1) is 12.6 Å². The summed E-state index contributed by atoms with van der Waals surface area (Å²) >= 11 is 0. The first-order valence-corrected chi connectivity index (χ1v) is 5.89. The SMILES string of the molecule is CC#CCNC(=O)N1CCC(OCC(=O)O)CC1. The van der Waals surface area contributed by atoms with Crippen LogP contribution in [-0.4, -0.2) is 54.4 Å². The highest BCUT2D eigenvalue weighted by molar-refractivity contribution is 5.74. The summed E-state index contributed by atoms with van der Waals surface area (Å²) in [6, 6.07) is -0.130. The molecule has 1 aliphatic rings. The van der Waals surface area contributed by atoms with E-state index in [0.717, 1.165) is 0 Å². The maximum Gasteiger partial charge on any atom is 0.329 e. The minimum absolute atomic E-state index is 0.0689. The van der Waals surface area contributed by atoms with Gasteiger partial charge in [0, 0.05) is 13.1 Å². The van der Waals surface area contributed by atoms with E-state index in [2.05, 4.69) is 17.2 Å². The van der Waals surface area contributed by atoms with Gasteiger partial charge in [0.25, 0.3) is 0 Å². The van der Waals surface area contributed by atoms with Crippen molar-refractivity contribution in [2.45, 2.75) is 25.9 Å². The molecule has 0 aliphatic carbocycles. The first kappa shape index (κ1) is 14.3. The minimum atomic E-state index is -0.965. The van der Waals surface area contributed by atoms with Crippen molar-refractivity contribution in [3.8, 4) is 11.8 Å². The molecular formula is C12H18N2O4. The van der Waals surface area contributed by atoms with Gasteiger partial charge < -0.3 is 20.1 Å². The summed E-state index contributed by atoms with van der Waals surface area (Å²) in [6.45, 7) is 2.95. The third-order valence-corrected chi connectivity index (χ3v) is 2.68. The van der Waals surface area contributed by atoms with Crippen molar-refractivity contribution < 1.29 is 19.4 Å². The van der Waals surface area contributed by atoms with Crippen LogP contribution in [-0.2, 0) is 9.53 Å². The highest BCUT2D eigenvalue weighted by Gasteiger charge is 2.23. The molecule has 6 nitrogen and oxygen atoms in total. The Labute approximate surface area is 106 Å². The Hall–Kier alpha value is -1.74. The highest BCUT2D eigenvalue weighted by atomic mass is 16.5. The Kier molecular flexibility index (Phi) is 6.01. The molecule has 1 heterocycles. The van der Waals surface area contributed by atoms with Crippen LogP contribution in [0.1, 0.15) is 19.8 Å². The monoisotopic (exact) mass is 254 g/mol. The summed E-state index contributed by atoms with van der Waals surface area (Å²) in [5.41, 5.74) is 0. The van der Waals surface area contributed by atoms with Crippen molar-refractivity contribution in [1.29, 1.82) is 0 Å². The number of amides is 2. The number of hydrogen-bond acceptors (Lipinski definition) is 3.